The van der Waals surface area contributed by atoms with Gasteiger partial charge >= 0.3 is 12.0 Å². The number of nitrogens with one attached hydrogen (secondary N) is 3. The lowest BCUT2D eigenvalue weighted by Gasteiger charge is -2.28. The number of furan rings is 1. The van der Waals surface area contributed by atoms with Crippen molar-refractivity contribution in [2.75, 3.05) is 20.3 Å². The molecule has 1 aromatic heterocycles. The number of carbonyl (C=O) groups excluding carboxylic acids is 2. The van der Waals surface area contributed by atoms with E-state index in [4.69, 9.17) is 30.2 Å². The van der Waals surface area contributed by atoms with Crippen LogP contribution in [0.1, 0.15) is 31.2 Å². The van der Waals surface area contributed by atoms with Gasteiger partial charge in [0.15, 0.2) is 17.7 Å². The standard InChI is InChI=1S/C28H29ClN4O7/c1-4-38-23-13-18(26-25(27(35)37-3)16(2)31-28(36)32-26)7-11-22(23)39-15-24(34)33-30-14-20-10-12-21(40-20)17-5-8-19(29)9-6-17/h5-14,24,26,33-34H,4,15H2,1-3H3,(H2,31,32,36)/b30-14-/t24-,26+/m1/s1. The van der Waals surface area contributed by atoms with Crippen LogP contribution < -0.4 is 25.5 Å². The maximum atomic E-state index is 12.4. The lowest BCUT2D eigenvalue weighted by Crippen LogP contribution is -2.45. The SMILES string of the molecule is CCOc1cc([C@@H]2NC(=O)NC(C)=C2C(=O)OC)ccc1OC[C@@H](O)N/N=C\c1ccc(-c2ccc(Cl)cc2)o1. The molecule has 4 rings (SSSR count). The molecular formula is C28H29ClN4O7. The Morgan fingerprint density at radius 2 is 1.95 bits per heavy atom. The summed E-state index contributed by atoms with van der Waals surface area (Å²) in [6.07, 6.45) is 0.293. The molecule has 0 spiro atoms. The second kappa shape index (κ2) is 13.0. The molecule has 0 bridgehead atoms. The lowest BCUT2D eigenvalue weighted by atomic mass is 9.95. The number of hydrazone groups is 1. The van der Waals surface area contributed by atoms with Gasteiger partial charge in [-0.1, -0.05) is 17.7 Å². The summed E-state index contributed by atoms with van der Waals surface area (Å²) >= 11 is 5.93. The average molecular weight is 569 g/mol. The maximum Gasteiger partial charge on any atom is 0.337 e. The van der Waals surface area contributed by atoms with Crippen LogP contribution in [-0.2, 0) is 9.53 Å². The molecule has 1 aliphatic heterocycles. The first-order chi connectivity index (χ1) is 19.3. The molecule has 40 heavy (non-hydrogen) atoms. The molecule has 0 unspecified atom stereocenters. The van der Waals surface area contributed by atoms with Gasteiger partial charge in [0.2, 0.25) is 0 Å². The number of hydrogen-bond donors (Lipinski definition) is 4. The molecule has 0 radical (unpaired) electrons. The number of benzene rings is 2. The van der Waals surface area contributed by atoms with E-state index in [0.717, 1.165) is 5.56 Å². The van der Waals surface area contributed by atoms with E-state index in [1.807, 2.05) is 25.1 Å². The number of carbonyl (C=O) groups is 2. The van der Waals surface area contributed by atoms with Gasteiger partial charge in [0, 0.05) is 16.3 Å². The van der Waals surface area contributed by atoms with Gasteiger partial charge in [0.05, 0.1) is 31.5 Å². The molecule has 0 saturated heterocycles. The van der Waals surface area contributed by atoms with E-state index >= 15 is 0 Å². The van der Waals surface area contributed by atoms with Crippen LogP contribution >= 0.6 is 11.6 Å². The highest BCUT2D eigenvalue weighted by molar-refractivity contribution is 6.30. The van der Waals surface area contributed by atoms with Crippen LogP contribution in [-0.4, -0.2) is 49.9 Å². The van der Waals surface area contributed by atoms with E-state index in [9.17, 15) is 14.7 Å². The van der Waals surface area contributed by atoms with Crippen LogP contribution in [0.15, 0.2) is 75.4 Å². The first-order valence-electron chi connectivity index (χ1n) is 12.4. The highest BCUT2D eigenvalue weighted by Gasteiger charge is 2.32. The van der Waals surface area contributed by atoms with Crippen molar-refractivity contribution in [3.05, 3.63) is 82.2 Å². The number of halogens is 1. The molecule has 1 aliphatic rings. The zero-order valence-electron chi connectivity index (χ0n) is 22.1. The van der Waals surface area contributed by atoms with Gasteiger partial charge in [-0.15, -0.1) is 0 Å². The number of esters is 1. The van der Waals surface area contributed by atoms with E-state index < -0.39 is 24.3 Å². The summed E-state index contributed by atoms with van der Waals surface area (Å²) in [5.74, 6) is 1.30. The first-order valence-corrected chi connectivity index (χ1v) is 12.8. The average Bonchev–Trinajstić information content (AvgIpc) is 3.41. The number of allylic oxidation sites excluding steroid dienone is 1. The molecule has 3 aromatic rings. The summed E-state index contributed by atoms with van der Waals surface area (Å²) in [5, 5.41) is 20.3. The number of nitrogens with zero attached hydrogens (tertiary/aromatic N) is 1. The van der Waals surface area contributed by atoms with Gasteiger partial charge in [-0.05, 0) is 67.9 Å². The van der Waals surface area contributed by atoms with Gasteiger partial charge in [-0.3, -0.25) is 5.43 Å². The van der Waals surface area contributed by atoms with Crippen LogP contribution in [0.2, 0.25) is 5.02 Å². The summed E-state index contributed by atoms with van der Waals surface area (Å²) < 4.78 is 22.1. The number of rotatable bonds is 11. The molecule has 4 N–H and O–H groups in total. The highest BCUT2D eigenvalue weighted by atomic mass is 35.5. The van der Waals surface area contributed by atoms with Crippen molar-refractivity contribution in [3.8, 4) is 22.8 Å². The van der Waals surface area contributed by atoms with Crippen molar-refractivity contribution in [2.24, 2.45) is 5.10 Å². The molecule has 0 saturated carbocycles. The zero-order valence-corrected chi connectivity index (χ0v) is 22.8. The topological polar surface area (TPSA) is 144 Å². The molecular weight excluding hydrogens is 540 g/mol. The Morgan fingerprint density at radius 1 is 1.18 bits per heavy atom. The Labute approximate surface area is 235 Å². The third-order valence-electron chi connectivity index (χ3n) is 5.84. The molecule has 0 aliphatic carbocycles. The molecule has 2 heterocycles. The minimum Gasteiger partial charge on any atom is -0.490 e. The van der Waals surface area contributed by atoms with Crippen molar-refractivity contribution in [3.63, 3.8) is 0 Å². The number of urea groups is 1. The Kier molecular flexibility index (Phi) is 9.31. The third-order valence-corrected chi connectivity index (χ3v) is 6.09. The number of aliphatic hydroxyl groups excluding tert-OH is 1. The fraction of sp³-hybridized carbons (Fsp3) is 0.250. The van der Waals surface area contributed by atoms with Crippen molar-refractivity contribution in [1.29, 1.82) is 0 Å². The minimum absolute atomic E-state index is 0.151. The van der Waals surface area contributed by atoms with Crippen LogP contribution in [0.3, 0.4) is 0 Å². The first kappa shape index (κ1) is 28.5. The summed E-state index contributed by atoms with van der Waals surface area (Å²) in [4.78, 5) is 24.5. The zero-order chi connectivity index (χ0) is 28.6. The van der Waals surface area contributed by atoms with Gasteiger partial charge in [-0.2, -0.15) is 5.10 Å². The van der Waals surface area contributed by atoms with E-state index in [1.165, 1.54) is 13.3 Å². The number of hydrogen-bond acceptors (Lipinski definition) is 9. The summed E-state index contributed by atoms with van der Waals surface area (Å²) in [6, 6.07) is 14.6. The Hall–Kier alpha value is -4.48. The monoisotopic (exact) mass is 568 g/mol. The second-order valence-electron chi connectivity index (χ2n) is 8.62. The molecule has 2 atom stereocenters. The van der Waals surface area contributed by atoms with Crippen LogP contribution in [0.4, 0.5) is 4.79 Å². The number of amides is 2. The van der Waals surface area contributed by atoms with Crippen molar-refractivity contribution in [1.82, 2.24) is 16.1 Å². The van der Waals surface area contributed by atoms with E-state index in [1.54, 1.807) is 43.3 Å². The molecule has 11 nitrogen and oxygen atoms in total. The smallest absolute Gasteiger partial charge is 0.337 e. The van der Waals surface area contributed by atoms with Crippen LogP contribution in [0, 0.1) is 0 Å². The normalized spacial score (nSPS) is 15.8. The Bertz CT molecular complexity index is 1420. The predicted octanol–water partition coefficient (Wildman–Crippen LogP) is 4.12. The third kappa shape index (κ3) is 6.93. The number of ether oxygens (including phenoxy) is 3. The van der Waals surface area contributed by atoms with E-state index in [0.29, 0.717) is 45.9 Å². The van der Waals surface area contributed by atoms with Gasteiger partial charge in [-0.25, -0.2) is 9.59 Å². The van der Waals surface area contributed by atoms with Gasteiger partial charge in [0.25, 0.3) is 0 Å². The van der Waals surface area contributed by atoms with Crippen molar-refractivity contribution in [2.45, 2.75) is 26.1 Å². The Morgan fingerprint density at radius 3 is 2.67 bits per heavy atom. The molecule has 12 heteroatoms. The Balaban J connectivity index is 1.39. The molecule has 2 amide bonds. The fourth-order valence-electron chi connectivity index (χ4n) is 4.00. The summed E-state index contributed by atoms with van der Waals surface area (Å²) in [7, 11) is 1.27. The predicted molar refractivity (Wildman–Crippen MR) is 148 cm³/mol. The van der Waals surface area contributed by atoms with Gasteiger partial charge < -0.3 is 34.4 Å². The molecule has 210 valence electrons. The molecule has 2 aromatic carbocycles. The van der Waals surface area contributed by atoms with Crippen molar-refractivity contribution >= 4 is 29.8 Å². The van der Waals surface area contributed by atoms with E-state index in [-0.39, 0.29) is 12.2 Å². The lowest BCUT2D eigenvalue weighted by molar-refractivity contribution is -0.136. The maximum absolute atomic E-state index is 12.4. The summed E-state index contributed by atoms with van der Waals surface area (Å²) in [5.41, 5.74) is 4.70. The largest absolute Gasteiger partial charge is 0.490 e. The number of aliphatic hydroxyl groups is 1. The minimum atomic E-state index is -1.14. The van der Waals surface area contributed by atoms with Gasteiger partial charge in [0.1, 0.15) is 18.1 Å². The van der Waals surface area contributed by atoms with Crippen molar-refractivity contribution < 1.29 is 33.3 Å². The van der Waals surface area contributed by atoms with Crippen LogP contribution in [0.5, 0.6) is 11.5 Å². The fourth-order valence-corrected chi connectivity index (χ4v) is 4.13. The molecule has 0 fully saturated rings. The summed E-state index contributed by atoms with van der Waals surface area (Å²) in [6.45, 7) is 3.62. The van der Waals surface area contributed by atoms with E-state index in [2.05, 4.69) is 21.2 Å². The number of methoxy groups -OCH3 is 1. The van der Waals surface area contributed by atoms with Crippen LogP contribution in [0.25, 0.3) is 11.3 Å². The second-order valence-corrected chi connectivity index (χ2v) is 9.06. The quantitative estimate of drug-likeness (QED) is 0.117. The highest BCUT2D eigenvalue weighted by Crippen LogP contribution is 2.35.